The molecule has 3 aliphatic carbocycles. The molecule has 1 aliphatic heterocycles. The Kier molecular flexibility index (Phi) is 9.97. The second-order valence-corrected chi connectivity index (χ2v) is 13.9. The van der Waals surface area contributed by atoms with E-state index in [0.29, 0.717) is 43.4 Å². The lowest BCUT2D eigenvalue weighted by Gasteiger charge is -2.64. The van der Waals surface area contributed by atoms with Crippen LogP contribution in [-0.4, -0.2) is 54.0 Å². The van der Waals surface area contributed by atoms with E-state index in [-0.39, 0.29) is 53.7 Å². The zero-order valence-electron chi connectivity index (χ0n) is 25.6. The van der Waals surface area contributed by atoms with Crippen molar-refractivity contribution in [2.24, 2.45) is 45.2 Å². The van der Waals surface area contributed by atoms with E-state index >= 15 is 0 Å². The topological polar surface area (TPSA) is 158 Å². The van der Waals surface area contributed by atoms with E-state index < -0.39 is 23.5 Å². The average Bonchev–Trinajstić information content (AvgIpc) is 3.21. The summed E-state index contributed by atoms with van der Waals surface area (Å²) in [5.41, 5.74) is 6.64. The van der Waals surface area contributed by atoms with Crippen LogP contribution in [0.2, 0.25) is 0 Å². The predicted molar refractivity (Wildman–Crippen MR) is 155 cm³/mol. The van der Waals surface area contributed by atoms with E-state index in [1.807, 2.05) is 26.2 Å². The molecule has 2 bridgehead atoms. The summed E-state index contributed by atoms with van der Waals surface area (Å²) in [7, 11) is -0.544. The van der Waals surface area contributed by atoms with E-state index in [0.717, 1.165) is 12.8 Å². The summed E-state index contributed by atoms with van der Waals surface area (Å²) < 4.78 is 13.2. The van der Waals surface area contributed by atoms with Gasteiger partial charge in [0.2, 0.25) is 5.91 Å². The first-order valence-electron chi connectivity index (χ1n) is 14.9. The summed E-state index contributed by atoms with van der Waals surface area (Å²) in [6.07, 6.45) is 4.44. The number of carbonyl (C=O) groups excluding carboxylic acids is 2. The highest BCUT2D eigenvalue weighted by atomic mass is 16.7. The maximum atomic E-state index is 13.7. The fourth-order valence-electron chi connectivity index (χ4n) is 6.81. The van der Waals surface area contributed by atoms with Crippen LogP contribution in [0.5, 0.6) is 0 Å². The Morgan fingerprint density at radius 2 is 1.93 bits per heavy atom. The molecule has 12 heteroatoms. The van der Waals surface area contributed by atoms with Crippen molar-refractivity contribution < 1.29 is 23.9 Å². The highest BCUT2D eigenvalue weighted by molar-refractivity contribution is 6.47. The van der Waals surface area contributed by atoms with E-state index in [1.54, 1.807) is 0 Å². The number of hydrazine groups is 1. The van der Waals surface area contributed by atoms with Crippen LogP contribution >= 0.6 is 0 Å². The molecule has 4 fully saturated rings. The molecule has 0 aromatic carbocycles. The molecule has 6 atom stereocenters. The van der Waals surface area contributed by atoms with Crippen molar-refractivity contribution >= 4 is 24.8 Å². The minimum atomic E-state index is -0.774. The standard InChI is InChI=1S/C28H50BN5O6/c1-9-26(4,5)21(35)14-18(11-10-12-31-25(30)33-34(37)38)24(36)32-23(13-17(2)3)29-39-22-16-19-15-20(27(19,6)7)28(22,8)40-29/h17-20,22-23H,9-16H2,1-8H3,(H,32,36)(H3,30,31,33)/t18-,19-,20-,22-,23+,28+/m1/s1. The lowest BCUT2D eigenvalue weighted by atomic mass is 9.43. The Labute approximate surface area is 239 Å². The van der Waals surface area contributed by atoms with Gasteiger partial charge in [0, 0.05) is 24.3 Å². The van der Waals surface area contributed by atoms with E-state index in [1.165, 1.54) is 0 Å². The molecule has 40 heavy (non-hydrogen) atoms. The van der Waals surface area contributed by atoms with Crippen molar-refractivity contribution in [1.29, 1.82) is 0 Å². The normalized spacial score (nSPS) is 28.9. The van der Waals surface area contributed by atoms with E-state index in [2.05, 4.69) is 44.9 Å². The molecule has 1 heterocycles. The smallest absolute Gasteiger partial charge is 0.404 e. The number of rotatable bonds is 14. The minimum absolute atomic E-state index is 0.0136. The van der Waals surface area contributed by atoms with Crippen LogP contribution in [0.3, 0.4) is 0 Å². The fraction of sp³-hybridized carbons (Fsp3) is 0.893. The predicted octanol–water partition coefficient (Wildman–Crippen LogP) is 3.67. The van der Waals surface area contributed by atoms with Gasteiger partial charge in [0.05, 0.1) is 17.6 Å². The van der Waals surface area contributed by atoms with Gasteiger partial charge >= 0.3 is 7.12 Å². The molecule has 4 rings (SSSR count). The second kappa shape index (κ2) is 12.3. The zero-order valence-corrected chi connectivity index (χ0v) is 25.6. The molecular formula is C28H50BN5O6. The molecule has 11 nitrogen and oxygen atoms in total. The lowest BCUT2D eigenvalue weighted by molar-refractivity contribution is -0.525. The third-order valence-corrected chi connectivity index (χ3v) is 9.99. The van der Waals surface area contributed by atoms with Gasteiger partial charge < -0.3 is 20.4 Å². The summed E-state index contributed by atoms with van der Waals surface area (Å²) >= 11 is 0. The molecule has 0 aromatic rings. The molecule has 4 N–H and O–H groups in total. The number of nitrogens with two attached hydrogens (primary N) is 1. The Hall–Kier alpha value is -2.21. The Morgan fingerprint density at radius 3 is 2.50 bits per heavy atom. The number of hydrogen-bond donors (Lipinski definition) is 3. The third kappa shape index (κ3) is 6.98. The Morgan fingerprint density at radius 1 is 1.25 bits per heavy atom. The molecule has 0 unspecified atom stereocenters. The number of Topliss-reactive ketones (excluding diaryl/α,β-unsaturated/α-hetero) is 1. The number of carbonyl (C=O) groups is 2. The van der Waals surface area contributed by atoms with Gasteiger partial charge in [0.15, 0.2) is 5.03 Å². The second-order valence-electron chi connectivity index (χ2n) is 13.9. The molecular weight excluding hydrogens is 513 g/mol. The molecule has 0 spiro atoms. The number of guanidine groups is 1. The zero-order chi connectivity index (χ0) is 30.0. The molecule has 3 saturated carbocycles. The van der Waals surface area contributed by atoms with Crippen LogP contribution in [-0.2, 0) is 18.9 Å². The number of amides is 1. The summed E-state index contributed by atoms with van der Waals surface area (Å²) in [6, 6.07) is 0. The molecule has 4 aliphatic rings. The van der Waals surface area contributed by atoms with Crippen LogP contribution in [0.15, 0.2) is 4.99 Å². The SMILES string of the molecule is CCC(C)(C)C(=O)C[C@@H](CCCN=C(N)N[N+](=O)[O-])C(=O)N[C@@H](CC(C)C)B1O[C@@H]2C[C@H]3C[C@H](C3(C)C)[C@]2(C)O1. The van der Waals surface area contributed by atoms with Gasteiger partial charge in [-0.3, -0.25) is 9.59 Å². The largest absolute Gasteiger partial charge is 0.481 e. The van der Waals surface area contributed by atoms with Crippen LogP contribution in [0.25, 0.3) is 0 Å². The summed E-state index contributed by atoms with van der Waals surface area (Å²) in [4.78, 5) is 41.4. The van der Waals surface area contributed by atoms with Crippen LogP contribution in [0.4, 0.5) is 0 Å². The molecule has 1 saturated heterocycles. The van der Waals surface area contributed by atoms with Crippen molar-refractivity contribution in [3.63, 3.8) is 0 Å². The maximum absolute atomic E-state index is 13.7. The highest BCUT2D eigenvalue weighted by Gasteiger charge is 2.68. The quantitative estimate of drug-likeness (QED) is 0.0721. The van der Waals surface area contributed by atoms with Crippen LogP contribution in [0.1, 0.15) is 100 Å². The first-order valence-corrected chi connectivity index (χ1v) is 14.9. The van der Waals surface area contributed by atoms with Gasteiger partial charge in [0.25, 0.3) is 5.96 Å². The average molecular weight is 564 g/mol. The van der Waals surface area contributed by atoms with Crippen LogP contribution in [0, 0.1) is 44.6 Å². The van der Waals surface area contributed by atoms with Crippen LogP contribution < -0.4 is 16.5 Å². The summed E-state index contributed by atoms with van der Waals surface area (Å²) in [5.74, 6) is -0.0370. The first-order chi connectivity index (χ1) is 18.5. The van der Waals surface area contributed by atoms with Crippen molar-refractivity contribution in [2.45, 2.75) is 118 Å². The minimum Gasteiger partial charge on any atom is -0.404 e. The Bertz CT molecular complexity index is 988. The molecule has 0 radical (unpaired) electrons. The number of ketones is 1. The van der Waals surface area contributed by atoms with Crippen molar-refractivity contribution in [3.05, 3.63) is 10.1 Å². The van der Waals surface area contributed by atoms with Gasteiger partial charge in [-0.15, -0.1) is 0 Å². The van der Waals surface area contributed by atoms with Crippen molar-refractivity contribution in [2.75, 3.05) is 6.54 Å². The van der Waals surface area contributed by atoms with E-state index in [4.69, 9.17) is 15.0 Å². The number of hydrogen-bond acceptors (Lipinski definition) is 7. The van der Waals surface area contributed by atoms with Crippen molar-refractivity contribution in [1.82, 2.24) is 10.7 Å². The molecule has 0 aromatic heterocycles. The summed E-state index contributed by atoms with van der Waals surface area (Å²) in [6.45, 7) is 17.0. The van der Waals surface area contributed by atoms with Gasteiger partial charge in [0.1, 0.15) is 5.78 Å². The first kappa shape index (κ1) is 32.3. The van der Waals surface area contributed by atoms with E-state index in [9.17, 15) is 19.7 Å². The fourth-order valence-corrected chi connectivity index (χ4v) is 6.81. The number of nitro groups is 1. The highest BCUT2D eigenvalue weighted by Crippen LogP contribution is 2.65. The maximum Gasteiger partial charge on any atom is 0.481 e. The number of nitrogens with zero attached hydrogens (tertiary/aromatic N) is 2. The monoisotopic (exact) mass is 563 g/mol. The van der Waals surface area contributed by atoms with Gasteiger partial charge in [-0.2, -0.15) is 0 Å². The van der Waals surface area contributed by atoms with Crippen molar-refractivity contribution in [3.8, 4) is 0 Å². The van der Waals surface area contributed by atoms with Gasteiger partial charge in [-0.25, -0.2) is 15.1 Å². The molecule has 1 amide bonds. The lowest BCUT2D eigenvalue weighted by Crippen LogP contribution is -2.65. The molecule has 226 valence electrons. The summed E-state index contributed by atoms with van der Waals surface area (Å²) in [5, 5.41) is 13.0. The Balaban J connectivity index is 1.72. The number of nitrogens with one attached hydrogen (secondary N) is 2. The number of aliphatic imine (C=N–C) groups is 1. The van der Waals surface area contributed by atoms with Gasteiger partial charge in [-0.1, -0.05) is 53.9 Å². The van der Waals surface area contributed by atoms with Gasteiger partial charge in [-0.05, 0) is 68.6 Å². The third-order valence-electron chi connectivity index (χ3n) is 9.99.